The first kappa shape index (κ1) is 11.5. The van der Waals surface area contributed by atoms with Crippen molar-refractivity contribution in [3.8, 4) is 0 Å². The second kappa shape index (κ2) is 4.79. The molecule has 80 valence electrons. The number of amides is 1. The van der Waals surface area contributed by atoms with Gasteiger partial charge in [-0.15, -0.1) is 0 Å². The monoisotopic (exact) mass is 226 g/mol. The lowest BCUT2D eigenvalue weighted by molar-refractivity contribution is -0.116. The van der Waals surface area contributed by atoms with Gasteiger partial charge in [0.1, 0.15) is 6.29 Å². The van der Waals surface area contributed by atoms with Gasteiger partial charge in [-0.1, -0.05) is 11.6 Å². The van der Waals surface area contributed by atoms with E-state index in [9.17, 15) is 9.59 Å². The van der Waals surface area contributed by atoms with Crippen LogP contribution in [0.4, 0.5) is 5.69 Å². The molecule has 0 saturated heterocycles. The van der Waals surface area contributed by atoms with Gasteiger partial charge in [0.05, 0.1) is 17.3 Å². The van der Waals surface area contributed by atoms with E-state index < -0.39 is 5.91 Å². The fraction of sp³-hybridized carbons (Fsp3) is 0.200. The standard InChI is InChI=1S/C10H11ClN2O2/c1-13(5-10(12)15)9-3-2-7(6-14)4-8(9)11/h2-4,6H,5H2,1H3,(H2,12,15). The van der Waals surface area contributed by atoms with Crippen LogP contribution in [-0.4, -0.2) is 25.8 Å². The fourth-order valence-electron chi connectivity index (χ4n) is 1.22. The number of likely N-dealkylation sites (N-methyl/N-ethyl adjacent to an activating group) is 1. The maximum atomic E-state index is 10.7. The highest BCUT2D eigenvalue weighted by molar-refractivity contribution is 6.33. The van der Waals surface area contributed by atoms with E-state index in [4.69, 9.17) is 17.3 Å². The molecule has 5 heteroatoms. The van der Waals surface area contributed by atoms with Crippen LogP contribution in [0.5, 0.6) is 0 Å². The van der Waals surface area contributed by atoms with Gasteiger partial charge < -0.3 is 10.6 Å². The van der Waals surface area contributed by atoms with E-state index in [0.717, 1.165) is 0 Å². The molecule has 0 atom stereocenters. The first-order chi connectivity index (χ1) is 7.04. The number of halogens is 1. The molecule has 0 fully saturated rings. The Morgan fingerprint density at radius 3 is 2.73 bits per heavy atom. The number of carbonyl (C=O) groups is 2. The average Bonchev–Trinajstić information content (AvgIpc) is 2.16. The quantitative estimate of drug-likeness (QED) is 0.782. The van der Waals surface area contributed by atoms with E-state index in [1.165, 1.54) is 0 Å². The lowest BCUT2D eigenvalue weighted by Crippen LogP contribution is -2.30. The minimum atomic E-state index is -0.437. The summed E-state index contributed by atoms with van der Waals surface area (Å²) >= 11 is 5.93. The van der Waals surface area contributed by atoms with Crippen molar-refractivity contribution in [2.45, 2.75) is 0 Å². The molecule has 0 aromatic heterocycles. The molecule has 0 saturated carbocycles. The third-order valence-corrected chi connectivity index (χ3v) is 2.21. The summed E-state index contributed by atoms with van der Waals surface area (Å²) in [4.78, 5) is 22.8. The summed E-state index contributed by atoms with van der Waals surface area (Å²) in [6.07, 6.45) is 0.712. The smallest absolute Gasteiger partial charge is 0.236 e. The van der Waals surface area contributed by atoms with Gasteiger partial charge >= 0.3 is 0 Å². The summed E-state index contributed by atoms with van der Waals surface area (Å²) in [6, 6.07) is 4.85. The topological polar surface area (TPSA) is 63.4 Å². The van der Waals surface area contributed by atoms with Crippen molar-refractivity contribution >= 4 is 29.5 Å². The van der Waals surface area contributed by atoms with Crippen LogP contribution >= 0.6 is 11.6 Å². The number of aldehydes is 1. The van der Waals surface area contributed by atoms with Gasteiger partial charge in [-0.3, -0.25) is 9.59 Å². The van der Waals surface area contributed by atoms with E-state index in [2.05, 4.69) is 0 Å². The largest absolute Gasteiger partial charge is 0.368 e. The Hall–Kier alpha value is -1.55. The molecule has 4 nitrogen and oxygen atoms in total. The zero-order valence-electron chi connectivity index (χ0n) is 8.24. The third kappa shape index (κ3) is 2.95. The number of carbonyl (C=O) groups excluding carboxylic acids is 2. The number of hydrogen-bond acceptors (Lipinski definition) is 3. The van der Waals surface area contributed by atoms with E-state index in [0.29, 0.717) is 22.6 Å². The van der Waals surface area contributed by atoms with Crippen molar-refractivity contribution in [2.24, 2.45) is 5.73 Å². The zero-order chi connectivity index (χ0) is 11.4. The molecule has 0 aliphatic carbocycles. The molecule has 1 amide bonds. The molecule has 15 heavy (non-hydrogen) atoms. The van der Waals surface area contributed by atoms with Gasteiger partial charge in [0.25, 0.3) is 0 Å². The van der Waals surface area contributed by atoms with Crippen molar-refractivity contribution in [1.82, 2.24) is 0 Å². The molecular formula is C10H11ClN2O2. The highest BCUT2D eigenvalue weighted by Gasteiger charge is 2.08. The van der Waals surface area contributed by atoms with Crippen LogP contribution in [0.25, 0.3) is 0 Å². The first-order valence-corrected chi connectivity index (χ1v) is 4.66. The second-order valence-corrected chi connectivity index (χ2v) is 3.56. The summed E-state index contributed by atoms with van der Waals surface area (Å²) in [5.74, 6) is -0.437. The van der Waals surface area contributed by atoms with Crippen molar-refractivity contribution in [1.29, 1.82) is 0 Å². The number of rotatable bonds is 4. The fourth-order valence-corrected chi connectivity index (χ4v) is 1.56. The number of primary amides is 1. The summed E-state index contributed by atoms with van der Waals surface area (Å²) in [5.41, 5.74) is 6.22. The van der Waals surface area contributed by atoms with Crippen LogP contribution < -0.4 is 10.6 Å². The van der Waals surface area contributed by atoms with Gasteiger partial charge in [0, 0.05) is 12.6 Å². The first-order valence-electron chi connectivity index (χ1n) is 4.28. The number of hydrogen-bond donors (Lipinski definition) is 1. The second-order valence-electron chi connectivity index (χ2n) is 3.15. The Morgan fingerprint density at radius 1 is 1.60 bits per heavy atom. The molecule has 0 spiro atoms. The Labute approximate surface area is 92.6 Å². The lowest BCUT2D eigenvalue weighted by atomic mass is 10.2. The van der Waals surface area contributed by atoms with Crippen molar-refractivity contribution in [2.75, 3.05) is 18.5 Å². The predicted octanol–water partition coefficient (Wildman–Crippen LogP) is 1.07. The number of anilines is 1. The third-order valence-electron chi connectivity index (χ3n) is 1.91. The average molecular weight is 227 g/mol. The normalized spacial score (nSPS) is 9.73. The van der Waals surface area contributed by atoms with E-state index >= 15 is 0 Å². The van der Waals surface area contributed by atoms with Crippen molar-refractivity contribution < 1.29 is 9.59 Å². The lowest BCUT2D eigenvalue weighted by Gasteiger charge is -2.18. The van der Waals surface area contributed by atoms with Gasteiger partial charge in [0.15, 0.2) is 0 Å². The van der Waals surface area contributed by atoms with E-state index in [1.807, 2.05) is 0 Å². The highest BCUT2D eigenvalue weighted by Crippen LogP contribution is 2.25. The van der Waals surface area contributed by atoms with Crippen molar-refractivity contribution in [3.05, 3.63) is 28.8 Å². The van der Waals surface area contributed by atoms with Crippen LogP contribution in [0.15, 0.2) is 18.2 Å². The maximum absolute atomic E-state index is 10.7. The van der Waals surface area contributed by atoms with Crippen LogP contribution in [0, 0.1) is 0 Å². The van der Waals surface area contributed by atoms with Gasteiger partial charge in [-0.25, -0.2) is 0 Å². The number of nitrogens with two attached hydrogens (primary N) is 1. The number of benzene rings is 1. The molecule has 1 aromatic carbocycles. The Bertz CT molecular complexity index is 393. The Kier molecular flexibility index (Phi) is 3.68. The Balaban J connectivity index is 2.94. The maximum Gasteiger partial charge on any atom is 0.236 e. The molecule has 0 radical (unpaired) electrons. The number of nitrogens with zero attached hydrogens (tertiary/aromatic N) is 1. The summed E-state index contributed by atoms with van der Waals surface area (Å²) in [7, 11) is 1.70. The summed E-state index contributed by atoms with van der Waals surface area (Å²) in [6.45, 7) is 0.0835. The molecule has 0 heterocycles. The highest BCUT2D eigenvalue weighted by atomic mass is 35.5. The molecule has 0 aliphatic heterocycles. The zero-order valence-corrected chi connectivity index (χ0v) is 8.99. The summed E-state index contributed by atoms with van der Waals surface area (Å²) < 4.78 is 0. The molecular weight excluding hydrogens is 216 g/mol. The van der Waals surface area contributed by atoms with Crippen molar-refractivity contribution in [3.63, 3.8) is 0 Å². The summed E-state index contributed by atoms with van der Waals surface area (Å²) in [5, 5.41) is 0.420. The van der Waals surface area contributed by atoms with Crippen LogP contribution in [0.3, 0.4) is 0 Å². The minimum absolute atomic E-state index is 0.0835. The van der Waals surface area contributed by atoms with E-state index in [1.54, 1.807) is 30.1 Å². The Morgan fingerprint density at radius 2 is 2.27 bits per heavy atom. The molecule has 0 aliphatic rings. The molecule has 0 unspecified atom stereocenters. The van der Waals surface area contributed by atoms with Crippen LogP contribution in [0.1, 0.15) is 10.4 Å². The van der Waals surface area contributed by atoms with Gasteiger partial charge in [0.2, 0.25) is 5.91 Å². The van der Waals surface area contributed by atoms with Gasteiger partial charge in [-0.05, 0) is 18.2 Å². The molecule has 1 rings (SSSR count). The van der Waals surface area contributed by atoms with Crippen LogP contribution in [-0.2, 0) is 4.79 Å². The van der Waals surface area contributed by atoms with Gasteiger partial charge in [-0.2, -0.15) is 0 Å². The van der Waals surface area contributed by atoms with Crippen LogP contribution in [0.2, 0.25) is 5.02 Å². The molecule has 1 aromatic rings. The van der Waals surface area contributed by atoms with E-state index in [-0.39, 0.29) is 6.54 Å². The SMILES string of the molecule is CN(CC(N)=O)c1ccc(C=O)cc1Cl. The molecule has 0 bridgehead atoms. The molecule has 2 N–H and O–H groups in total. The predicted molar refractivity (Wildman–Crippen MR) is 59.3 cm³/mol. The minimum Gasteiger partial charge on any atom is -0.368 e.